The van der Waals surface area contributed by atoms with Gasteiger partial charge in [-0.25, -0.2) is 9.59 Å². The number of nitrogens with zero attached hydrogens (tertiary/aromatic N) is 3. The van der Waals surface area contributed by atoms with Crippen LogP contribution in [0.3, 0.4) is 0 Å². The van der Waals surface area contributed by atoms with Crippen LogP contribution in [0.15, 0.2) is 0 Å². The highest BCUT2D eigenvalue weighted by atomic mass is 16.5. The Morgan fingerprint density at radius 1 is 1.29 bits per heavy atom. The average molecular weight is 301 g/mol. The van der Waals surface area contributed by atoms with Gasteiger partial charge in [-0.15, -0.1) is 0 Å². The van der Waals surface area contributed by atoms with Crippen LogP contribution in [-0.4, -0.2) is 91.3 Å². The number of carboxylic acid groups (broad SMARTS) is 1. The number of carbonyl (C=O) groups is 2. The van der Waals surface area contributed by atoms with Crippen LogP contribution in [0.2, 0.25) is 0 Å². The van der Waals surface area contributed by atoms with E-state index in [1.165, 1.54) is 4.90 Å². The number of ether oxygens (including phenoxy) is 1. The highest BCUT2D eigenvalue weighted by Crippen LogP contribution is 2.22. The van der Waals surface area contributed by atoms with E-state index in [2.05, 4.69) is 0 Å². The van der Waals surface area contributed by atoms with Crippen LogP contribution >= 0.6 is 0 Å². The molecule has 7 nitrogen and oxygen atoms in total. The van der Waals surface area contributed by atoms with Crippen molar-refractivity contribution in [2.24, 2.45) is 0 Å². The molecule has 1 heterocycles. The van der Waals surface area contributed by atoms with Gasteiger partial charge in [0.2, 0.25) is 0 Å². The van der Waals surface area contributed by atoms with Gasteiger partial charge >= 0.3 is 12.0 Å². The molecule has 1 saturated heterocycles. The number of likely N-dealkylation sites (tertiary alicyclic amines) is 1. The Hall–Kier alpha value is -1.34. The summed E-state index contributed by atoms with van der Waals surface area (Å²) in [4.78, 5) is 29.2. The van der Waals surface area contributed by atoms with Crippen molar-refractivity contribution in [1.82, 2.24) is 14.7 Å². The van der Waals surface area contributed by atoms with Crippen molar-refractivity contribution >= 4 is 12.0 Å². The first-order chi connectivity index (χ1) is 9.90. The van der Waals surface area contributed by atoms with E-state index in [1.807, 2.05) is 25.9 Å². The predicted octanol–water partition coefficient (Wildman–Crippen LogP) is 0.554. The summed E-state index contributed by atoms with van der Waals surface area (Å²) in [6.07, 6.45) is 0.997. The molecule has 2 atom stereocenters. The van der Waals surface area contributed by atoms with Crippen LogP contribution in [0, 0.1) is 0 Å². The van der Waals surface area contributed by atoms with Gasteiger partial charge in [0.25, 0.3) is 0 Å². The summed E-state index contributed by atoms with van der Waals surface area (Å²) >= 11 is 0. The molecule has 0 aromatic heterocycles. The van der Waals surface area contributed by atoms with E-state index in [-0.39, 0.29) is 12.1 Å². The number of carboxylic acids is 1. The molecule has 1 N–H and O–H groups in total. The van der Waals surface area contributed by atoms with E-state index >= 15 is 0 Å². The Morgan fingerprint density at radius 2 is 1.95 bits per heavy atom. The fourth-order valence-corrected chi connectivity index (χ4v) is 2.49. The second-order valence-corrected chi connectivity index (χ2v) is 5.67. The topological polar surface area (TPSA) is 73.3 Å². The Balaban J connectivity index is 2.77. The van der Waals surface area contributed by atoms with Gasteiger partial charge in [-0.2, -0.15) is 0 Å². The molecule has 0 aromatic rings. The number of amides is 2. The summed E-state index contributed by atoms with van der Waals surface area (Å²) in [6.45, 7) is 4.33. The zero-order valence-corrected chi connectivity index (χ0v) is 13.4. The zero-order chi connectivity index (χ0) is 16.0. The Labute approximate surface area is 126 Å². The van der Waals surface area contributed by atoms with Crippen molar-refractivity contribution in [2.75, 3.05) is 47.4 Å². The van der Waals surface area contributed by atoms with Crippen molar-refractivity contribution in [3.05, 3.63) is 0 Å². The third-order valence-electron chi connectivity index (χ3n) is 3.71. The number of urea groups is 1. The highest BCUT2D eigenvalue weighted by molar-refractivity contribution is 5.83. The molecule has 0 radical (unpaired) electrons. The van der Waals surface area contributed by atoms with Crippen LogP contribution in [0.1, 0.15) is 19.8 Å². The summed E-state index contributed by atoms with van der Waals surface area (Å²) in [7, 11) is 5.45. The first-order valence-electron chi connectivity index (χ1n) is 7.36. The van der Waals surface area contributed by atoms with Gasteiger partial charge in [-0.3, -0.25) is 0 Å². The second-order valence-electron chi connectivity index (χ2n) is 5.67. The maximum absolute atomic E-state index is 12.6. The maximum Gasteiger partial charge on any atom is 0.326 e. The van der Waals surface area contributed by atoms with Crippen LogP contribution in [0.5, 0.6) is 0 Å². The van der Waals surface area contributed by atoms with E-state index in [9.17, 15) is 14.7 Å². The molecular formula is C14H27N3O4. The van der Waals surface area contributed by atoms with Crippen molar-refractivity contribution < 1.29 is 19.4 Å². The Bertz CT molecular complexity index is 362. The van der Waals surface area contributed by atoms with E-state index in [0.717, 1.165) is 13.0 Å². The predicted molar refractivity (Wildman–Crippen MR) is 79.4 cm³/mol. The fourth-order valence-electron chi connectivity index (χ4n) is 2.49. The molecule has 122 valence electrons. The normalized spacial score (nSPS) is 21.9. The van der Waals surface area contributed by atoms with Crippen LogP contribution in [0.25, 0.3) is 0 Å². The van der Waals surface area contributed by atoms with Crippen molar-refractivity contribution in [2.45, 2.75) is 31.9 Å². The molecule has 1 fully saturated rings. The smallest absolute Gasteiger partial charge is 0.326 e. The van der Waals surface area contributed by atoms with Gasteiger partial charge < -0.3 is 24.5 Å². The highest BCUT2D eigenvalue weighted by Gasteiger charge is 2.41. The molecule has 21 heavy (non-hydrogen) atoms. The summed E-state index contributed by atoms with van der Waals surface area (Å²) in [5, 5.41) is 9.30. The number of aliphatic carboxylic acids is 1. The monoisotopic (exact) mass is 301 g/mol. The molecule has 0 aliphatic carbocycles. The lowest BCUT2D eigenvalue weighted by Crippen LogP contribution is -2.49. The van der Waals surface area contributed by atoms with Crippen molar-refractivity contribution in [3.63, 3.8) is 0 Å². The van der Waals surface area contributed by atoms with Gasteiger partial charge in [0.1, 0.15) is 6.04 Å². The summed E-state index contributed by atoms with van der Waals surface area (Å²) < 4.78 is 5.23. The van der Waals surface area contributed by atoms with Crippen LogP contribution in [-0.2, 0) is 9.53 Å². The average Bonchev–Trinajstić information content (AvgIpc) is 2.87. The molecule has 2 unspecified atom stereocenters. The van der Waals surface area contributed by atoms with E-state index in [1.54, 1.807) is 12.0 Å². The van der Waals surface area contributed by atoms with Gasteiger partial charge in [0.05, 0.1) is 6.10 Å². The molecule has 2 amide bonds. The Morgan fingerprint density at radius 3 is 2.43 bits per heavy atom. The van der Waals surface area contributed by atoms with Crippen LogP contribution in [0.4, 0.5) is 4.79 Å². The zero-order valence-electron chi connectivity index (χ0n) is 13.4. The lowest BCUT2D eigenvalue weighted by Gasteiger charge is -2.30. The third-order valence-corrected chi connectivity index (χ3v) is 3.71. The van der Waals surface area contributed by atoms with Crippen molar-refractivity contribution in [1.29, 1.82) is 0 Å². The largest absolute Gasteiger partial charge is 0.480 e. The third kappa shape index (κ3) is 4.86. The molecule has 0 bridgehead atoms. The molecule has 7 heteroatoms. The van der Waals surface area contributed by atoms with Gasteiger partial charge in [0.15, 0.2) is 0 Å². The van der Waals surface area contributed by atoms with E-state index < -0.39 is 12.0 Å². The van der Waals surface area contributed by atoms with Crippen molar-refractivity contribution in [3.8, 4) is 0 Å². The maximum atomic E-state index is 12.6. The molecule has 1 rings (SSSR count). The lowest BCUT2D eigenvalue weighted by atomic mass is 10.2. The van der Waals surface area contributed by atoms with E-state index in [0.29, 0.717) is 26.1 Å². The van der Waals surface area contributed by atoms with Gasteiger partial charge in [-0.05, 0) is 20.5 Å². The number of methoxy groups -OCH3 is 1. The number of rotatable bonds is 7. The quantitative estimate of drug-likeness (QED) is 0.743. The number of hydrogen-bond donors (Lipinski definition) is 1. The minimum Gasteiger partial charge on any atom is -0.480 e. The Kier molecular flexibility index (Phi) is 6.91. The second kappa shape index (κ2) is 8.19. The fraction of sp³-hybridized carbons (Fsp3) is 0.857. The molecule has 0 spiro atoms. The molecule has 0 saturated carbocycles. The summed E-state index contributed by atoms with van der Waals surface area (Å²) in [5.74, 6) is -0.966. The molecular weight excluding hydrogens is 274 g/mol. The first kappa shape index (κ1) is 17.7. The minimum absolute atomic E-state index is 0.202. The molecule has 1 aliphatic heterocycles. The number of hydrogen-bond acceptors (Lipinski definition) is 4. The first-order valence-corrected chi connectivity index (χ1v) is 7.36. The standard InChI is InChI=1S/C14H27N3O4/c1-5-6-16(8-7-15(2)3)14(20)17-10-11(21-4)9-12(17)13(18)19/h11-12H,5-10H2,1-4H3,(H,18,19). The summed E-state index contributed by atoms with van der Waals surface area (Å²) in [5.41, 5.74) is 0. The summed E-state index contributed by atoms with van der Waals surface area (Å²) in [6, 6.07) is -0.994. The van der Waals surface area contributed by atoms with E-state index in [4.69, 9.17) is 4.74 Å². The SMILES string of the molecule is CCCN(CCN(C)C)C(=O)N1CC(OC)CC1C(=O)O. The lowest BCUT2D eigenvalue weighted by molar-refractivity contribution is -0.141. The minimum atomic E-state index is -0.966. The van der Waals surface area contributed by atoms with Gasteiger partial charge in [0, 0.05) is 39.7 Å². The van der Waals surface area contributed by atoms with Gasteiger partial charge in [-0.1, -0.05) is 6.92 Å². The number of likely N-dealkylation sites (N-methyl/N-ethyl adjacent to an activating group) is 1. The van der Waals surface area contributed by atoms with Crippen LogP contribution < -0.4 is 0 Å². The molecule has 0 aromatic carbocycles. The number of carbonyl (C=O) groups excluding carboxylic acids is 1. The molecule has 1 aliphatic rings.